The number of amides is 1. The molecule has 1 aromatic carbocycles. The van der Waals surface area contributed by atoms with Crippen molar-refractivity contribution < 1.29 is 22.7 Å². The van der Waals surface area contributed by atoms with Crippen LogP contribution in [0.5, 0.6) is 0 Å². The lowest BCUT2D eigenvalue weighted by Crippen LogP contribution is -2.42. The largest absolute Gasteiger partial charge is 0.462 e. The van der Waals surface area contributed by atoms with Crippen LogP contribution in [-0.2, 0) is 38.1 Å². The van der Waals surface area contributed by atoms with Gasteiger partial charge in [0.15, 0.2) is 0 Å². The summed E-state index contributed by atoms with van der Waals surface area (Å²) in [5.74, 6) is -1.04. The van der Waals surface area contributed by atoms with Gasteiger partial charge >= 0.3 is 5.97 Å². The summed E-state index contributed by atoms with van der Waals surface area (Å²) in [6.07, 6.45) is 4.66. The molecule has 0 atom stereocenters. The van der Waals surface area contributed by atoms with Gasteiger partial charge in [0.25, 0.3) is 0 Å². The molecule has 2 aliphatic rings. The molecule has 34 heavy (non-hydrogen) atoms. The van der Waals surface area contributed by atoms with E-state index in [0.717, 1.165) is 36.1 Å². The molecule has 1 aliphatic heterocycles. The second-order valence-electron chi connectivity index (χ2n) is 8.65. The first-order valence-corrected chi connectivity index (χ1v) is 14.4. The number of anilines is 1. The molecular weight excluding hydrogens is 496 g/mol. The molecule has 0 radical (unpaired) electrons. The monoisotopic (exact) mass is 524 g/mol. The number of halogens is 1. The Hall–Kier alpha value is -1.94. The number of nitrogens with one attached hydrogen (secondary N) is 1. The van der Waals surface area contributed by atoms with Crippen molar-refractivity contribution >= 4 is 49.8 Å². The third kappa shape index (κ3) is 5.48. The van der Waals surface area contributed by atoms with Crippen LogP contribution in [0.1, 0.15) is 59.0 Å². The predicted octanol–water partition coefficient (Wildman–Crippen LogP) is 4.64. The SMILES string of the molecule is CCOC(=O)c1c(NC(=O)C2CCN(S(=O)(=O)Cc3ccccc3Cl)CC2)sc2c1CCCC2. The minimum atomic E-state index is -3.54. The van der Waals surface area contributed by atoms with E-state index in [0.29, 0.717) is 34.0 Å². The van der Waals surface area contributed by atoms with Gasteiger partial charge in [-0.25, -0.2) is 17.5 Å². The van der Waals surface area contributed by atoms with E-state index in [1.807, 2.05) is 0 Å². The van der Waals surface area contributed by atoms with Crippen molar-refractivity contribution in [3.8, 4) is 0 Å². The van der Waals surface area contributed by atoms with Crippen molar-refractivity contribution in [2.75, 3.05) is 25.0 Å². The maximum atomic E-state index is 13.1. The number of carbonyl (C=O) groups is 2. The number of hydrogen-bond acceptors (Lipinski definition) is 6. The Kier molecular flexibility index (Phi) is 7.97. The number of hydrogen-bond donors (Lipinski definition) is 1. The van der Waals surface area contributed by atoms with Crippen LogP contribution in [0.4, 0.5) is 5.00 Å². The van der Waals surface area contributed by atoms with E-state index >= 15 is 0 Å². The van der Waals surface area contributed by atoms with Gasteiger partial charge in [0, 0.05) is 28.9 Å². The molecule has 1 fully saturated rings. The highest BCUT2D eigenvalue weighted by Gasteiger charge is 2.33. The summed E-state index contributed by atoms with van der Waals surface area (Å²) < 4.78 is 32.5. The Bertz CT molecular complexity index is 1170. The number of piperidine rings is 1. The van der Waals surface area contributed by atoms with Gasteiger partial charge in [-0.1, -0.05) is 29.8 Å². The van der Waals surface area contributed by atoms with E-state index in [-0.39, 0.29) is 37.3 Å². The Labute approximate surface area is 209 Å². The number of rotatable bonds is 7. The van der Waals surface area contributed by atoms with Crippen molar-refractivity contribution in [3.63, 3.8) is 0 Å². The summed E-state index contributed by atoms with van der Waals surface area (Å²) in [6, 6.07) is 6.91. The van der Waals surface area contributed by atoms with Gasteiger partial charge in [-0.3, -0.25) is 4.79 Å². The number of nitrogens with zero attached hydrogens (tertiary/aromatic N) is 1. The average molecular weight is 525 g/mol. The molecule has 0 spiro atoms. The molecule has 1 aromatic heterocycles. The quantitative estimate of drug-likeness (QED) is 0.533. The van der Waals surface area contributed by atoms with Gasteiger partial charge in [-0.15, -0.1) is 11.3 Å². The number of fused-ring (bicyclic) bond motifs is 1. The number of esters is 1. The van der Waals surface area contributed by atoms with Gasteiger partial charge in [-0.05, 0) is 62.6 Å². The van der Waals surface area contributed by atoms with Crippen LogP contribution < -0.4 is 5.32 Å². The number of sulfonamides is 1. The topological polar surface area (TPSA) is 92.8 Å². The van der Waals surface area contributed by atoms with Crippen molar-refractivity contribution in [3.05, 3.63) is 50.9 Å². The fraction of sp³-hybridized carbons (Fsp3) is 0.500. The third-order valence-electron chi connectivity index (χ3n) is 6.40. The van der Waals surface area contributed by atoms with Crippen molar-refractivity contribution in [2.45, 2.75) is 51.2 Å². The van der Waals surface area contributed by atoms with E-state index < -0.39 is 16.0 Å². The molecular formula is C24H29ClN2O5S2. The maximum Gasteiger partial charge on any atom is 0.341 e. The molecule has 2 aromatic rings. The lowest BCUT2D eigenvalue weighted by molar-refractivity contribution is -0.120. The zero-order chi connectivity index (χ0) is 24.3. The standard InChI is InChI=1S/C24H29ClN2O5S2/c1-2-32-24(29)21-18-8-4-6-10-20(18)33-23(21)26-22(28)16-11-13-27(14-12-16)34(30,31)15-17-7-3-5-9-19(17)25/h3,5,7,9,16H,2,4,6,8,10-15H2,1H3,(H,26,28). The molecule has 1 aliphatic carbocycles. The fourth-order valence-electron chi connectivity index (χ4n) is 4.59. The summed E-state index contributed by atoms with van der Waals surface area (Å²) in [6.45, 7) is 2.59. The molecule has 4 rings (SSSR count). The van der Waals surface area contributed by atoms with E-state index in [9.17, 15) is 18.0 Å². The van der Waals surface area contributed by atoms with Crippen LogP contribution >= 0.6 is 22.9 Å². The van der Waals surface area contributed by atoms with Crippen molar-refractivity contribution in [1.82, 2.24) is 4.31 Å². The normalized spacial score (nSPS) is 17.2. The summed E-state index contributed by atoms with van der Waals surface area (Å²) in [5, 5.41) is 3.96. The molecule has 184 valence electrons. The maximum absolute atomic E-state index is 13.1. The Morgan fingerprint density at radius 1 is 1.18 bits per heavy atom. The second kappa shape index (κ2) is 10.8. The minimum Gasteiger partial charge on any atom is -0.462 e. The van der Waals surface area contributed by atoms with E-state index in [4.69, 9.17) is 16.3 Å². The van der Waals surface area contributed by atoms with Crippen LogP contribution in [-0.4, -0.2) is 44.3 Å². The Morgan fingerprint density at radius 3 is 2.59 bits per heavy atom. The van der Waals surface area contributed by atoms with Crippen LogP contribution in [0.25, 0.3) is 0 Å². The summed E-state index contributed by atoms with van der Waals surface area (Å²) in [7, 11) is -3.54. The lowest BCUT2D eigenvalue weighted by atomic mass is 9.95. The molecule has 1 saturated heterocycles. The first kappa shape index (κ1) is 25.2. The van der Waals surface area contributed by atoms with Gasteiger partial charge in [0.05, 0.1) is 17.9 Å². The number of carbonyl (C=O) groups excluding carboxylic acids is 2. The second-order valence-corrected chi connectivity index (χ2v) is 12.1. The number of aryl methyl sites for hydroxylation is 1. The van der Waals surface area contributed by atoms with E-state index in [1.165, 1.54) is 15.6 Å². The van der Waals surface area contributed by atoms with E-state index in [1.54, 1.807) is 31.2 Å². The molecule has 0 saturated carbocycles. The number of ether oxygens (including phenoxy) is 1. The highest BCUT2D eigenvalue weighted by molar-refractivity contribution is 7.88. The van der Waals surface area contributed by atoms with Crippen LogP contribution in [0.2, 0.25) is 5.02 Å². The minimum absolute atomic E-state index is 0.160. The van der Waals surface area contributed by atoms with Gasteiger partial charge in [-0.2, -0.15) is 0 Å². The van der Waals surface area contributed by atoms with Crippen molar-refractivity contribution in [2.24, 2.45) is 5.92 Å². The Morgan fingerprint density at radius 2 is 1.88 bits per heavy atom. The molecule has 10 heteroatoms. The molecule has 1 N–H and O–H groups in total. The molecule has 7 nitrogen and oxygen atoms in total. The molecule has 0 unspecified atom stereocenters. The highest BCUT2D eigenvalue weighted by Crippen LogP contribution is 2.39. The first-order valence-electron chi connectivity index (χ1n) is 11.6. The summed E-state index contributed by atoms with van der Waals surface area (Å²) >= 11 is 7.60. The molecule has 0 bridgehead atoms. The third-order valence-corrected chi connectivity index (χ3v) is 9.81. The van der Waals surface area contributed by atoms with Crippen LogP contribution in [0, 0.1) is 5.92 Å². The zero-order valence-electron chi connectivity index (χ0n) is 19.1. The van der Waals surface area contributed by atoms with Gasteiger partial charge < -0.3 is 10.1 Å². The summed E-state index contributed by atoms with van der Waals surface area (Å²) in [4.78, 5) is 26.8. The highest BCUT2D eigenvalue weighted by atomic mass is 35.5. The van der Waals surface area contributed by atoms with Crippen molar-refractivity contribution in [1.29, 1.82) is 0 Å². The van der Waals surface area contributed by atoms with Crippen LogP contribution in [0.15, 0.2) is 24.3 Å². The Balaban J connectivity index is 1.41. The molecule has 1 amide bonds. The number of thiophene rings is 1. The van der Waals surface area contributed by atoms with E-state index in [2.05, 4.69) is 5.32 Å². The predicted molar refractivity (Wildman–Crippen MR) is 134 cm³/mol. The average Bonchev–Trinajstić information content (AvgIpc) is 3.18. The fourth-order valence-corrected chi connectivity index (χ4v) is 7.74. The lowest BCUT2D eigenvalue weighted by Gasteiger charge is -2.30. The zero-order valence-corrected chi connectivity index (χ0v) is 21.5. The summed E-state index contributed by atoms with van der Waals surface area (Å²) in [5.41, 5.74) is 2.07. The first-order chi connectivity index (χ1) is 16.3. The van der Waals surface area contributed by atoms with Gasteiger partial charge in [0.2, 0.25) is 15.9 Å². The molecule has 2 heterocycles. The van der Waals surface area contributed by atoms with Gasteiger partial charge in [0.1, 0.15) is 5.00 Å². The number of benzene rings is 1. The smallest absolute Gasteiger partial charge is 0.341 e. The van der Waals surface area contributed by atoms with Crippen LogP contribution in [0.3, 0.4) is 0 Å².